The number of hydrogen-bond acceptors (Lipinski definition) is 6. The lowest BCUT2D eigenvalue weighted by Crippen LogP contribution is -2.57. The van der Waals surface area contributed by atoms with E-state index in [1.165, 1.54) is 0 Å². The maximum Gasteiger partial charge on any atom is 0.325 e. The molecule has 2 aromatic carbocycles. The summed E-state index contributed by atoms with van der Waals surface area (Å²) in [4.78, 5) is 51.8. The normalized spacial score (nSPS) is 26.3. The van der Waals surface area contributed by atoms with Crippen molar-refractivity contribution < 1.29 is 34.1 Å². The van der Waals surface area contributed by atoms with Crippen LogP contribution in [0.15, 0.2) is 54.6 Å². The third-order valence-corrected chi connectivity index (χ3v) is 6.41. The summed E-state index contributed by atoms with van der Waals surface area (Å²) in [5.41, 5.74) is -0.647. The van der Waals surface area contributed by atoms with Crippen LogP contribution in [0.2, 0.25) is 0 Å². The summed E-state index contributed by atoms with van der Waals surface area (Å²) in [7, 11) is 0. The number of hydrogen-bond donors (Lipinski definition) is 3. The molecule has 2 amide bonds. The van der Waals surface area contributed by atoms with Gasteiger partial charge in [0.1, 0.15) is 17.9 Å². The zero-order chi connectivity index (χ0) is 23.8. The molecule has 0 spiro atoms. The molecule has 2 saturated heterocycles. The van der Waals surface area contributed by atoms with Crippen molar-refractivity contribution in [3.8, 4) is 5.75 Å². The van der Waals surface area contributed by atoms with Gasteiger partial charge in [-0.25, -0.2) is 0 Å². The van der Waals surface area contributed by atoms with Gasteiger partial charge in [-0.2, -0.15) is 0 Å². The molecule has 172 valence electrons. The molecule has 2 aliphatic rings. The topological polar surface area (TPSA) is 133 Å². The molecule has 0 aromatic heterocycles. The maximum atomic E-state index is 13.4. The van der Waals surface area contributed by atoms with Gasteiger partial charge in [0.2, 0.25) is 11.8 Å². The van der Waals surface area contributed by atoms with Crippen LogP contribution < -0.4 is 10.1 Å². The lowest BCUT2D eigenvalue weighted by atomic mass is 9.77. The van der Waals surface area contributed by atoms with Gasteiger partial charge < -0.3 is 14.9 Å². The van der Waals surface area contributed by atoms with Crippen LogP contribution in [0.4, 0.5) is 0 Å². The molecule has 3 N–H and O–H groups in total. The van der Waals surface area contributed by atoms with E-state index in [4.69, 9.17) is 4.74 Å². The first-order valence-corrected chi connectivity index (χ1v) is 10.6. The van der Waals surface area contributed by atoms with Crippen molar-refractivity contribution in [2.24, 2.45) is 11.8 Å². The third kappa shape index (κ3) is 3.84. The summed E-state index contributed by atoms with van der Waals surface area (Å²) in [5.74, 6) is -5.89. The number of carbonyl (C=O) groups excluding carboxylic acids is 2. The highest BCUT2D eigenvalue weighted by molar-refractivity contribution is 6.10. The Morgan fingerprint density at radius 1 is 1.03 bits per heavy atom. The average Bonchev–Trinajstić information content (AvgIpc) is 3.24. The second kappa shape index (κ2) is 8.67. The number of carbonyl (C=O) groups is 4. The molecule has 2 fully saturated rings. The highest BCUT2D eigenvalue weighted by Gasteiger charge is 2.69. The van der Waals surface area contributed by atoms with Gasteiger partial charge in [0.05, 0.1) is 24.8 Å². The number of likely N-dealkylation sites (tertiary alicyclic amines) is 1. The molecular weight excluding hydrogens is 428 g/mol. The molecule has 0 radical (unpaired) electrons. The minimum Gasteiger partial charge on any atom is -0.492 e. The molecule has 9 nitrogen and oxygen atoms in total. The molecule has 0 bridgehead atoms. The highest BCUT2D eigenvalue weighted by Crippen LogP contribution is 2.50. The number of aryl methyl sites for hydroxylation is 1. The van der Waals surface area contributed by atoms with Crippen molar-refractivity contribution >= 4 is 23.8 Å². The van der Waals surface area contributed by atoms with Crippen molar-refractivity contribution in [1.82, 2.24) is 10.2 Å². The predicted molar refractivity (Wildman–Crippen MR) is 115 cm³/mol. The van der Waals surface area contributed by atoms with Crippen LogP contribution in [0.25, 0.3) is 0 Å². The Morgan fingerprint density at radius 3 is 2.33 bits per heavy atom. The minimum atomic E-state index is -2.11. The highest BCUT2D eigenvalue weighted by atomic mass is 16.5. The Labute approximate surface area is 190 Å². The molecule has 9 heteroatoms. The number of ether oxygens (including phenoxy) is 1. The second-order valence-electron chi connectivity index (χ2n) is 8.32. The lowest BCUT2D eigenvalue weighted by Gasteiger charge is -2.30. The summed E-state index contributed by atoms with van der Waals surface area (Å²) in [6, 6.07) is 15.2. The van der Waals surface area contributed by atoms with Crippen LogP contribution in [0.1, 0.15) is 23.6 Å². The third-order valence-electron chi connectivity index (χ3n) is 6.41. The van der Waals surface area contributed by atoms with Gasteiger partial charge in [-0.05, 0) is 30.2 Å². The van der Waals surface area contributed by atoms with Gasteiger partial charge in [-0.15, -0.1) is 0 Å². The zero-order valence-electron chi connectivity index (χ0n) is 17.9. The number of benzene rings is 2. The van der Waals surface area contributed by atoms with Crippen LogP contribution in [-0.4, -0.2) is 57.6 Å². The molecule has 2 aromatic rings. The molecule has 0 aliphatic carbocycles. The number of nitrogens with one attached hydrogen (secondary N) is 1. The number of carboxylic acid groups (broad SMARTS) is 2. The second-order valence-corrected chi connectivity index (χ2v) is 8.32. The summed E-state index contributed by atoms with van der Waals surface area (Å²) < 4.78 is 5.61. The first-order chi connectivity index (χ1) is 15.8. The molecule has 4 rings (SSSR count). The Kier molecular flexibility index (Phi) is 5.90. The van der Waals surface area contributed by atoms with E-state index in [1.54, 1.807) is 36.4 Å². The van der Waals surface area contributed by atoms with E-state index in [2.05, 4.69) is 5.32 Å². The Balaban J connectivity index is 1.68. The van der Waals surface area contributed by atoms with E-state index < -0.39 is 53.6 Å². The fourth-order valence-corrected chi connectivity index (χ4v) is 4.93. The molecule has 2 aliphatic heterocycles. The van der Waals surface area contributed by atoms with Crippen molar-refractivity contribution in [3.63, 3.8) is 0 Å². The van der Waals surface area contributed by atoms with Gasteiger partial charge in [0.25, 0.3) is 0 Å². The van der Waals surface area contributed by atoms with E-state index in [9.17, 15) is 29.4 Å². The first-order valence-electron chi connectivity index (χ1n) is 10.6. The fraction of sp³-hybridized carbons (Fsp3) is 0.333. The van der Waals surface area contributed by atoms with E-state index in [1.807, 2.05) is 25.1 Å². The number of nitrogens with zero attached hydrogens (tertiary/aromatic N) is 1. The number of imide groups is 1. The molecular formula is C24H24N2O7. The standard InChI is InChI=1S/C24H24N2O7/c1-14-7-5-6-10-16(14)20-18-19(24(25-20,23(31)32)13-17(27)28)22(30)26(21(18)29)11-12-33-15-8-3-2-4-9-15/h2-10,18-20,25H,11-13H2,1H3,(H,27,28)(H,31,32). The molecule has 4 unspecified atom stereocenters. The number of amides is 2. The van der Waals surface area contributed by atoms with Gasteiger partial charge in [-0.3, -0.25) is 29.4 Å². The van der Waals surface area contributed by atoms with Crippen LogP contribution in [0.3, 0.4) is 0 Å². The Bertz CT molecular complexity index is 1100. The van der Waals surface area contributed by atoms with Gasteiger partial charge in [0, 0.05) is 6.04 Å². The van der Waals surface area contributed by atoms with E-state index in [0.717, 1.165) is 10.5 Å². The van der Waals surface area contributed by atoms with Crippen molar-refractivity contribution in [1.29, 1.82) is 0 Å². The Morgan fingerprint density at radius 2 is 1.70 bits per heavy atom. The fourth-order valence-electron chi connectivity index (χ4n) is 4.93. The maximum absolute atomic E-state index is 13.4. The quantitative estimate of drug-likeness (QED) is 0.515. The molecule has 33 heavy (non-hydrogen) atoms. The van der Waals surface area contributed by atoms with E-state index in [0.29, 0.717) is 11.3 Å². The van der Waals surface area contributed by atoms with Crippen LogP contribution in [-0.2, 0) is 19.2 Å². The van der Waals surface area contributed by atoms with E-state index >= 15 is 0 Å². The average molecular weight is 452 g/mol. The molecule has 4 atom stereocenters. The van der Waals surface area contributed by atoms with Gasteiger partial charge >= 0.3 is 11.9 Å². The first kappa shape index (κ1) is 22.5. The lowest BCUT2D eigenvalue weighted by molar-refractivity contribution is -0.156. The largest absolute Gasteiger partial charge is 0.492 e. The summed E-state index contributed by atoms with van der Waals surface area (Å²) in [5, 5.41) is 22.4. The zero-order valence-corrected chi connectivity index (χ0v) is 17.9. The molecule has 2 heterocycles. The number of aliphatic carboxylic acids is 2. The van der Waals surface area contributed by atoms with E-state index in [-0.39, 0.29) is 13.2 Å². The van der Waals surface area contributed by atoms with Gasteiger partial charge in [-0.1, -0.05) is 42.5 Å². The summed E-state index contributed by atoms with van der Waals surface area (Å²) >= 11 is 0. The van der Waals surface area contributed by atoms with Crippen molar-refractivity contribution in [2.75, 3.05) is 13.2 Å². The smallest absolute Gasteiger partial charge is 0.325 e. The number of rotatable bonds is 8. The van der Waals surface area contributed by atoms with Crippen molar-refractivity contribution in [3.05, 3.63) is 65.7 Å². The predicted octanol–water partition coefficient (Wildman–Crippen LogP) is 1.62. The summed E-state index contributed by atoms with van der Waals surface area (Å²) in [6.07, 6.45) is -0.834. The van der Waals surface area contributed by atoms with Crippen LogP contribution >= 0.6 is 0 Å². The monoisotopic (exact) mass is 452 g/mol. The van der Waals surface area contributed by atoms with Gasteiger partial charge in [0.15, 0.2) is 0 Å². The van der Waals surface area contributed by atoms with Crippen LogP contribution in [0, 0.1) is 18.8 Å². The SMILES string of the molecule is Cc1ccccc1C1NC(CC(=O)O)(C(=O)O)C2C(=O)N(CCOc3ccccc3)C(=O)C12. The number of fused-ring (bicyclic) bond motifs is 1. The Hall–Kier alpha value is -3.72. The number of carboxylic acids is 2. The molecule has 0 saturated carbocycles. The van der Waals surface area contributed by atoms with Crippen LogP contribution in [0.5, 0.6) is 5.75 Å². The minimum absolute atomic E-state index is 0.0302. The van der Waals surface area contributed by atoms with Crippen molar-refractivity contribution in [2.45, 2.75) is 24.9 Å². The summed E-state index contributed by atoms with van der Waals surface area (Å²) in [6.45, 7) is 1.78. The number of para-hydroxylation sites is 1.